The van der Waals surface area contributed by atoms with Crippen molar-refractivity contribution in [3.63, 3.8) is 0 Å². The molecule has 1 heterocycles. The Bertz CT molecular complexity index is 957. The van der Waals surface area contributed by atoms with Gasteiger partial charge in [-0.3, -0.25) is 4.79 Å². The summed E-state index contributed by atoms with van der Waals surface area (Å²) in [4.78, 5) is 24.9. The van der Waals surface area contributed by atoms with Gasteiger partial charge in [-0.25, -0.2) is 4.79 Å². The van der Waals surface area contributed by atoms with E-state index in [1.165, 1.54) is 6.07 Å². The highest BCUT2D eigenvalue weighted by Crippen LogP contribution is 2.31. The number of carbonyl (C=O) groups excluding carboxylic acids is 1. The van der Waals surface area contributed by atoms with Crippen LogP contribution in [-0.2, 0) is 0 Å². The molecule has 5 nitrogen and oxygen atoms in total. The van der Waals surface area contributed by atoms with Crippen LogP contribution in [-0.4, -0.2) is 19.0 Å². The molecule has 0 aliphatic carbocycles. The molecule has 0 N–H and O–H groups in total. The van der Waals surface area contributed by atoms with Crippen molar-refractivity contribution >= 4 is 16.8 Å². The summed E-state index contributed by atoms with van der Waals surface area (Å²) in [5.74, 6) is 0.672. The van der Waals surface area contributed by atoms with Crippen LogP contribution < -0.4 is 15.1 Å². The predicted octanol–water partition coefficient (Wildman–Crippen LogP) is 3.82. The molecule has 0 fully saturated rings. The van der Waals surface area contributed by atoms with Gasteiger partial charge in [0.25, 0.3) is 0 Å². The van der Waals surface area contributed by atoms with Crippen LogP contribution in [0.2, 0.25) is 0 Å². The topological polar surface area (TPSA) is 65.7 Å². The van der Waals surface area contributed by atoms with E-state index in [4.69, 9.17) is 13.9 Å². The van der Waals surface area contributed by atoms with Crippen molar-refractivity contribution in [2.24, 2.45) is 0 Å². The van der Waals surface area contributed by atoms with Gasteiger partial charge < -0.3 is 13.9 Å². The van der Waals surface area contributed by atoms with Crippen LogP contribution in [0.4, 0.5) is 0 Å². The van der Waals surface area contributed by atoms with Crippen molar-refractivity contribution in [3.05, 3.63) is 70.1 Å². The Kier molecular flexibility index (Phi) is 4.84. The molecule has 0 bridgehead atoms. The van der Waals surface area contributed by atoms with E-state index in [2.05, 4.69) is 0 Å². The molecule has 1 aromatic heterocycles. The van der Waals surface area contributed by atoms with Gasteiger partial charge in [0, 0.05) is 17.7 Å². The van der Waals surface area contributed by atoms with E-state index in [1.54, 1.807) is 36.4 Å². The zero-order valence-electron chi connectivity index (χ0n) is 14.1. The molecule has 5 heteroatoms. The molecule has 0 unspecified atom stereocenters. The molecule has 0 aliphatic heterocycles. The number of carbonyl (C=O) groups is 1. The molecule has 0 saturated heterocycles. The summed E-state index contributed by atoms with van der Waals surface area (Å²) in [6.07, 6.45) is 0. The molecular formula is C20H18O5. The second kappa shape index (κ2) is 7.21. The van der Waals surface area contributed by atoms with Gasteiger partial charge in [-0.1, -0.05) is 30.3 Å². The van der Waals surface area contributed by atoms with Crippen LogP contribution in [0.3, 0.4) is 0 Å². The molecule has 0 atom stereocenters. The highest BCUT2D eigenvalue weighted by atomic mass is 16.5. The minimum Gasteiger partial charge on any atom is -0.494 e. The molecule has 0 radical (unpaired) electrons. The summed E-state index contributed by atoms with van der Waals surface area (Å²) in [6.45, 7) is 4.63. The molecule has 0 amide bonds. The molecule has 0 saturated carbocycles. The van der Waals surface area contributed by atoms with Crippen molar-refractivity contribution in [1.82, 2.24) is 0 Å². The van der Waals surface area contributed by atoms with Crippen LogP contribution in [0.25, 0.3) is 11.0 Å². The minimum atomic E-state index is -0.683. The Balaban J connectivity index is 2.17. The van der Waals surface area contributed by atoms with Gasteiger partial charge in [-0.05, 0) is 19.9 Å². The lowest BCUT2D eigenvalue weighted by molar-refractivity contribution is 0.103. The third-order valence-electron chi connectivity index (χ3n) is 3.68. The summed E-state index contributed by atoms with van der Waals surface area (Å²) >= 11 is 0. The van der Waals surface area contributed by atoms with E-state index < -0.39 is 5.63 Å². The summed E-state index contributed by atoms with van der Waals surface area (Å²) in [5.41, 5.74) is 0.0447. The number of rotatable bonds is 6. The Morgan fingerprint density at radius 2 is 1.72 bits per heavy atom. The van der Waals surface area contributed by atoms with Gasteiger partial charge in [0.05, 0.1) is 18.6 Å². The lowest BCUT2D eigenvalue weighted by atomic mass is 10.0. The second-order valence-corrected chi connectivity index (χ2v) is 5.34. The lowest BCUT2D eigenvalue weighted by Crippen LogP contribution is -2.15. The van der Waals surface area contributed by atoms with Crippen LogP contribution in [0.5, 0.6) is 11.5 Å². The first kappa shape index (κ1) is 16.8. The Hall–Kier alpha value is -3.08. The number of fused-ring (bicyclic) bond motifs is 1. The van der Waals surface area contributed by atoms with Crippen LogP contribution in [0, 0.1) is 0 Å². The van der Waals surface area contributed by atoms with E-state index in [0.717, 1.165) is 0 Å². The average molecular weight is 338 g/mol. The zero-order chi connectivity index (χ0) is 17.8. The van der Waals surface area contributed by atoms with Gasteiger partial charge in [0.15, 0.2) is 5.78 Å². The summed E-state index contributed by atoms with van der Waals surface area (Å²) < 4.78 is 16.5. The van der Waals surface area contributed by atoms with E-state index in [-0.39, 0.29) is 11.3 Å². The van der Waals surface area contributed by atoms with Crippen molar-refractivity contribution in [1.29, 1.82) is 0 Å². The smallest absolute Gasteiger partial charge is 0.347 e. The van der Waals surface area contributed by atoms with Gasteiger partial charge >= 0.3 is 5.63 Å². The van der Waals surface area contributed by atoms with E-state index >= 15 is 0 Å². The Morgan fingerprint density at radius 3 is 2.40 bits per heavy atom. The first-order valence-corrected chi connectivity index (χ1v) is 8.11. The van der Waals surface area contributed by atoms with Gasteiger partial charge in [-0.15, -0.1) is 0 Å². The quantitative estimate of drug-likeness (QED) is 0.505. The first-order chi connectivity index (χ1) is 12.1. The molecule has 25 heavy (non-hydrogen) atoms. The summed E-state index contributed by atoms with van der Waals surface area (Å²) in [5, 5.41) is 0.559. The number of hydrogen-bond acceptors (Lipinski definition) is 5. The Morgan fingerprint density at radius 1 is 1.00 bits per heavy atom. The van der Waals surface area contributed by atoms with Gasteiger partial charge in [0.1, 0.15) is 22.6 Å². The minimum absolute atomic E-state index is 0.0242. The molecule has 2 aromatic carbocycles. The summed E-state index contributed by atoms with van der Waals surface area (Å²) in [7, 11) is 0. The van der Waals surface area contributed by atoms with Crippen LogP contribution in [0.1, 0.15) is 29.8 Å². The van der Waals surface area contributed by atoms with E-state index in [1.807, 2.05) is 19.9 Å². The SMILES string of the molecule is CCOc1cc(OCC)c2cc(C(=O)c3ccccc3)c(=O)oc2c1. The fraction of sp³-hybridized carbons (Fsp3) is 0.200. The first-order valence-electron chi connectivity index (χ1n) is 8.11. The number of benzene rings is 2. The van der Waals surface area contributed by atoms with Crippen molar-refractivity contribution < 1.29 is 18.7 Å². The van der Waals surface area contributed by atoms with E-state index in [9.17, 15) is 9.59 Å². The van der Waals surface area contributed by atoms with Crippen LogP contribution in [0.15, 0.2) is 57.7 Å². The molecule has 0 aliphatic rings. The average Bonchev–Trinajstić information content (AvgIpc) is 2.62. The predicted molar refractivity (Wildman–Crippen MR) is 94.7 cm³/mol. The number of ether oxygens (including phenoxy) is 2. The third-order valence-corrected chi connectivity index (χ3v) is 3.68. The highest BCUT2D eigenvalue weighted by molar-refractivity contribution is 6.10. The molecule has 3 aromatic rings. The molecule has 128 valence electrons. The van der Waals surface area contributed by atoms with E-state index in [0.29, 0.717) is 41.2 Å². The maximum atomic E-state index is 12.6. The lowest BCUT2D eigenvalue weighted by Gasteiger charge is -2.11. The largest absolute Gasteiger partial charge is 0.494 e. The zero-order valence-corrected chi connectivity index (χ0v) is 14.1. The number of ketones is 1. The Labute approximate surface area is 144 Å². The second-order valence-electron chi connectivity index (χ2n) is 5.34. The normalized spacial score (nSPS) is 10.6. The van der Waals surface area contributed by atoms with Crippen LogP contribution >= 0.6 is 0 Å². The molecule has 3 rings (SSSR count). The number of hydrogen-bond donors (Lipinski definition) is 0. The van der Waals surface area contributed by atoms with Crippen molar-refractivity contribution in [2.75, 3.05) is 13.2 Å². The highest BCUT2D eigenvalue weighted by Gasteiger charge is 2.18. The monoisotopic (exact) mass is 338 g/mol. The summed E-state index contributed by atoms with van der Waals surface area (Å²) in [6, 6.07) is 13.5. The maximum absolute atomic E-state index is 12.6. The molecular weight excluding hydrogens is 320 g/mol. The van der Waals surface area contributed by atoms with Gasteiger partial charge in [-0.2, -0.15) is 0 Å². The fourth-order valence-corrected chi connectivity index (χ4v) is 2.59. The van der Waals surface area contributed by atoms with Gasteiger partial charge in [0.2, 0.25) is 0 Å². The fourth-order valence-electron chi connectivity index (χ4n) is 2.59. The maximum Gasteiger partial charge on any atom is 0.347 e. The van der Waals surface area contributed by atoms with Crippen molar-refractivity contribution in [2.45, 2.75) is 13.8 Å². The molecule has 0 spiro atoms. The van der Waals surface area contributed by atoms with Crippen molar-refractivity contribution in [3.8, 4) is 11.5 Å². The third kappa shape index (κ3) is 3.40. The standard InChI is InChI=1S/C20H18O5/c1-3-23-14-10-17(24-4-2)15-12-16(20(22)25-18(15)11-14)19(21)13-8-6-5-7-9-13/h5-12H,3-4H2,1-2H3.